The summed E-state index contributed by atoms with van der Waals surface area (Å²) in [6.45, 7) is 5.47. The molecule has 5 heteroatoms. The summed E-state index contributed by atoms with van der Waals surface area (Å²) in [6.07, 6.45) is 4.69. The Morgan fingerprint density at radius 1 is 1.32 bits per heavy atom. The highest BCUT2D eigenvalue weighted by molar-refractivity contribution is 5.72. The molecule has 0 radical (unpaired) electrons. The summed E-state index contributed by atoms with van der Waals surface area (Å²) in [6, 6.07) is 0. The third-order valence-corrected chi connectivity index (χ3v) is 3.33. The molecule has 1 amide bonds. The highest BCUT2D eigenvalue weighted by atomic mass is 16.6. The van der Waals surface area contributed by atoms with E-state index in [0.717, 1.165) is 12.8 Å². The molecule has 1 aliphatic rings. The molecule has 1 unspecified atom stereocenters. The molecule has 1 saturated carbocycles. The Balaban J connectivity index is 2.37. The van der Waals surface area contributed by atoms with Crippen LogP contribution >= 0.6 is 0 Å². The van der Waals surface area contributed by atoms with E-state index in [1.165, 1.54) is 12.8 Å². The van der Waals surface area contributed by atoms with Crippen LogP contribution in [-0.2, 0) is 9.53 Å². The standard InChI is InChI=1S/C14H25NO4/c1-14(2,3)19-13(18)15-9-11(12(16)17)8-10-6-4-5-7-10/h10-11H,4-9H2,1-3H3,(H,15,18)(H,16,17). The van der Waals surface area contributed by atoms with Gasteiger partial charge in [0.05, 0.1) is 5.92 Å². The largest absolute Gasteiger partial charge is 0.481 e. The first-order valence-electron chi connectivity index (χ1n) is 6.97. The Kier molecular flexibility index (Phi) is 5.63. The average Bonchev–Trinajstić information content (AvgIpc) is 2.73. The van der Waals surface area contributed by atoms with Gasteiger partial charge in [0.2, 0.25) is 0 Å². The minimum absolute atomic E-state index is 0.140. The number of hydrogen-bond donors (Lipinski definition) is 2. The molecule has 0 aromatic carbocycles. The fourth-order valence-corrected chi connectivity index (χ4v) is 2.44. The summed E-state index contributed by atoms with van der Waals surface area (Å²) in [5.41, 5.74) is -0.561. The highest BCUT2D eigenvalue weighted by Gasteiger charge is 2.26. The Morgan fingerprint density at radius 2 is 1.89 bits per heavy atom. The number of aliphatic carboxylic acids is 1. The van der Waals surface area contributed by atoms with Crippen molar-refractivity contribution in [3.63, 3.8) is 0 Å². The van der Waals surface area contributed by atoms with Gasteiger partial charge < -0.3 is 15.2 Å². The second kappa shape index (κ2) is 6.78. The topological polar surface area (TPSA) is 75.6 Å². The van der Waals surface area contributed by atoms with Crippen molar-refractivity contribution >= 4 is 12.1 Å². The lowest BCUT2D eigenvalue weighted by Gasteiger charge is -2.21. The number of carboxylic acid groups (broad SMARTS) is 1. The maximum Gasteiger partial charge on any atom is 0.407 e. The third kappa shape index (κ3) is 6.45. The van der Waals surface area contributed by atoms with Gasteiger partial charge in [-0.05, 0) is 33.1 Å². The lowest BCUT2D eigenvalue weighted by Crippen LogP contribution is -2.37. The van der Waals surface area contributed by atoms with E-state index in [0.29, 0.717) is 12.3 Å². The highest BCUT2D eigenvalue weighted by Crippen LogP contribution is 2.30. The molecule has 5 nitrogen and oxygen atoms in total. The minimum Gasteiger partial charge on any atom is -0.481 e. The predicted molar refractivity (Wildman–Crippen MR) is 71.9 cm³/mol. The summed E-state index contributed by atoms with van der Waals surface area (Å²) in [7, 11) is 0. The number of carbonyl (C=O) groups is 2. The first kappa shape index (κ1) is 15.8. The van der Waals surface area contributed by atoms with Crippen molar-refractivity contribution in [1.82, 2.24) is 5.32 Å². The molecule has 0 bridgehead atoms. The van der Waals surface area contributed by atoms with E-state index in [4.69, 9.17) is 4.74 Å². The van der Waals surface area contributed by atoms with Crippen LogP contribution in [0.1, 0.15) is 52.9 Å². The molecule has 0 aromatic heterocycles. The normalized spacial score (nSPS) is 18.1. The number of carboxylic acids is 1. The van der Waals surface area contributed by atoms with Gasteiger partial charge in [-0.1, -0.05) is 25.7 Å². The molecule has 1 rings (SSSR count). The Hall–Kier alpha value is -1.26. The van der Waals surface area contributed by atoms with Crippen molar-refractivity contribution in [3.05, 3.63) is 0 Å². The van der Waals surface area contributed by atoms with Gasteiger partial charge >= 0.3 is 12.1 Å². The molecule has 110 valence electrons. The molecule has 1 atom stereocenters. The van der Waals surface area contributed by atoms with Crippen molar-refractivity contribution < 1.29 is 19.4 Å². The van der Waals surface area contributed by atoms with Crippen LogP contribution in [0.2, 0.25) is 0 Å². The SMILES string of the molecule is CC(C)(C)OC(=O)NCC(CC1CCCC1)C(=O)O. The van der Waals surface area contributed by atoms with E-state index in [2.05, 4.69) is 5.32 Å². The van der Waals surface area contributed by atoms with Gasteiger partial charge in [-0.25, -0.2) is 4.79 Å². The third-order valence-electron chi connectivity index (χ3n) is 3.33. The molecule has 0 spiro atoms. The van der Waals surface area contributed by atoms with Crippen LogP contribution in [0.3, 0.4) is 0 Å². The van der Waals surface area contributed by atoms with Crippen LogP contribution in [0.5, 0.6) is 0 Å². The van der Waals surface area contributed by atoms with Crippen LogP contribution in [0.4, 0.5) is 4.79 Å². The van der Waals surface area contributed by atoms with Crippen molar-refractivity contribution in [3.8, 4) is 0 Å². The Morgan fingerprint density at radius 3 is 2.37 bits per heavy atom. The molecular weight excluding hydrogens is 246 g/mol. The van der Waals surface area contributed by atoms with Gasteiger partial charge in [0.25, 0.3) is 0 Å². The van der Waals surface area contributed by atoms with Crippen LogP contribution in [0.25, 0.3) is 0 Å². The number of amides is 1. The van der Waals surface area contributed by atoms with Crippen LogP contribution in [0.15, 0.2) is 0 Å². The van der Waals surface area contributed by atoms with Crippen molar-refractivity contribution in [2.75, 3.05) is 6.54 Å². The molecule has 0 heterocycles. The van der Waals surface area contributed by atoms with Crippen LogP contribution < -0.4 is 5.32 Å². The quantitative estimate of drug-likeness (QED) is 0.806. The Labute approximate surface area is 114 Å². The molecule has 0 aromatic rings. The lowest BCUT2D eigenvalue weighted by molar-refractivity contribution is -0.142. The minimum atomic E-state index is -0.844. The van der Waals surface area contributed by atoms with Crippen LogP contribution in [0, 0.1) is 11.8 Å². The van der Waals surface area contributed by atoms with E-state index in [9.17, 15) is 14.7 Å². The monoisotopic (exact) mass is 271 g/mol. The van der Waals surface area contributed by atoms with Crippen molar-refractivity contribution in [2.45, 2.75) is 58.5 Å². The molecule has 2 N–H and O–H groups in total. The Bertz CT molecular complexity index is 316. The molecule has 19 heavy (non-hydrogen) atoms. The number of nitrogens with one attached hydrogen (secondary N) is 1. The zero-order valence-electron chi connectivity index (χ0n) is 12.1. The molecule has 1 aliphatic carbocycles. The summed E-state index contributed by atoms with van der Waals surface area (Å²) < 4.78 is 5.09. The molecule has 1 fully saturated rings. The number of alkyl carbamates (subject to hydrolysis) is 1. The van der Waals surface area contributed by atoms with Gasteiger partial charge in [-0.15, -0.1) is 0 Å². The number of carbonyl (C=O) groups excluding carboxylic acids is 1. The first-order chi connectivity index (χ1) is 8.78. The number of ether oxygens (including phenoxy) is 1. The van der Waals surface area contributed by atoms with Gasteiger partial charge in [0, 0.05) is 6.54 Å². The van der Waals surface area contributed by atoms with Gasteiger partial charge in [0.15, 0.2) is 0 Å². The summed E-state index contributed by atoms with van der Waals surface area (Å²) >= 11 is 0. The summed E-state index contributed by atoms with van der Waals surface area (Å²) in [4.78, 5) is 22.7. The summed E-state index contributed by atoms with van der Waals surface area (Å²) in [5.74, 6) is -0.875. The maximum atomic E-state index is 11.5. The zero-order chi connectivity index (χ0) is 14.5. The number of rotatable bonds is 5. The molecule has 0 saturated heterocycles. The maximum absolute atomic E-state index is 11.5. The van der Waals surface area contributed by atoms with Gasteiger partial charge in [0.1, 0.15) is 5.60 Å². The zero-order valence-corrected chi connectivity index (χ0v) is 12.1. The second-order valence-electron chi connectivity index (χ2n) is 6.30. The van der Waals surface area contributed by atoms with E-state index in [1.54, 1.807) is 20.8 Å². The van der Waals surface area contributed by atoms with E-state index >= 15 is 0 Å². The van der Waals surface area contributed by atoms with Crippen molar-refractivity contribution in [1.29, 1.82) is 0 Å². The van der Waals surface area contributed by atoms with Crippen molar-refractivity contribution in [2.24, 2.45) is 11.8 Å². The predicted octanol–water partition coefficient (Wildman–Crippen LogP) is 2.79. The van der Waals surface area contributed by atoms with Gasteiger partial charge in [-0.3, -0.25) is 4.79 Å². The second-order valence-corrected chi connectivity index (χ2v) is 6.30. The summed E-state index contributed by atoms with van der Waals surface area (Å²) in [5, 5.41) is 11.7. The number of hydrogen-bond acceptors (Lipinski definition) is 3. The van der Waals surface area contributed by atoms with Crippen LogP contribution in [-0.4, -0.2) is 29.3 Å². The molecule has 0 aliphatic heterocycles. The lowest BCUT2D eigenvalue weighted by atomic mass is 9.93. The average molecular weight is 271 g/mol. The van der Waals surface area contributed by atoms with E-state index in [1.807, 2.05) is 0 Å². The molecular formula is C14H25NO4. The first-order valence-corrected chi connectivity index (χ1v) is 6.97. The van der Waals surface area contributed by atoms with Gasteiger partial charge in [-0.2, -0.15) is 0 Å². The fourth-order valence-electron chi connectivity index (χ4n) is 2.44. The van der Waals surface area contributed by atoms with E-state index < -0.39 is 23.6 Å². The fraction of sp³-hybridized carbons (Fsp3) is 0.857. The van der Waals surface area contributed by atoms with E-state index in [-0.39, 0.29) is 6.54 Å². The smallest absolute Gasteiger partial charge is 0.407 e.